The predicted molar refractivity (Wildman–Crippen MR) is 318 cm³/mol. The molecule has 6 heterocycles. The molecule has 21 nitrogen and oxygen atoms in total. The van der Waals surface area contributed by atoms with Crippen molar-refractivity contribution in [3.63, 3.8) is 0 Å². The highest BCUT2D eigenvalue weighted by atomic mass is 16.8. The average Bonchev–Trinajstić information content (AvgIpc) is 1.99. The molecule has 0 radical (unpaired) electrons. The third kappa shape index (κ3) is 13.1. The molecule has 88 heavy (non-hydrogen) atoms. The van der Waals surface area contributed by atoms with Crippen molar-refractivity contribution in [3.05, 3.63) is 58.9 Å². The Balaban J connectivity index is 0.913. The molecule has 10 rings (SSSR count). The molecule has 1 spiro atoms. The Hall–Kier alpha value is -3.49. The molecule has 7 fully saturated rings. The van der Waals surface area contributed by atoms with E-state index >= 15 is 4.79 Å². The Morgan fingerprint density at radius 3 is 1.92 bits per heavy atom. The minimum Gasteiger partial charge on any atom is -0.511 e. The number of aliphatic hydroxyl groups is 6. The summed E-state index contributed by atoms with van der Waals surface area (Å²) in [5, 5.41) is 71.4. The Labute approximate surface area is 518 Å². The van der Waals surface area contributed by atoms with Crippen molar-refractivity contribution in [2.45, 2.75) is 289 Å². The summed E-state index contributed by atoms with van der Waals surface area (Å²) in [5.74, 6) is -4.60. The molecular formula is C67H101NO20. The summed E-state index contributed by atoms with van der Waals surface area (Å²) in [5.41, 5.74) is -3.02. The van der Waals surface area contributed by atoms with Crippen LogP contribution in [0.5, 0.6) is 0 Å². The number of nitrogens with one attached hydrogen (secondary N) is 1. The lowest BCUT2D eigenvalue weighted by molar-refractivity contribution is -0.352. The van der Waals surface area contributed by atoms with E-state index in [1.165, 1.54) is 6.92 Å². The molecule has 494 valence electrons. The monoisotopic (exact) mass is 1240 g/mol. The Kier molecular flexibility index (Phi) is 20.3. The fraction of sp³-hybridized carbons (Fsp3) is 0.806. The Morgan fingerprint density at radius 2 is 1.27 bits per heavy atom. The molecule has 0 aromatic rings. The topological polar surface area (TPSA) is 286 Å². The SMILES string of the molecule is CCC1C=CC2/C=C(/C)C(OC3CC(C)(O)C(NC(C)=O)C(C)O3)C(C)/C=C(/C)C3C=CC4C(OC5CC(O)C(OC6CC(OC7CCC(O)C(C)O7)C(OC7CC(O)C(O)C(C)O7)C(C)O6)C(C)O5)C(C)CC(C)C4C3(C)/C(O)=C3/C(=O)OC2(C1)C3=O. The van der Waals surface area contributed by atoms with Gasteiger partial charge in [-0.15, -0.1) is 0 Å². The summed E-state index contributed by atoms with van der Waals surface area (Å²) in [4.78, 5) is 42.6. The third-order valence-electron chi connectivity index (χ3n) is 21.6. The number of carbonyl (C=O) groups excluding carboxylic acids is 3. The lowest BCUT2D eigenvalue weighted by Gasteiger charge is -2.57. The number of ketones is 1. The highest BCUT2D eigenvalue weighted by molar-refractivity contribution is 6.26. The van der Waals surface area contributed by atoms with Crippen LogP contribution >= 0.6 is 0 Å². The molecule has 4 aliphatic carbocycles. The van der Waals surface area contributed by atoms with Crippen molar-refractivity contribution in [1.29, 1.82) is 0 Å². The highest BCUT2D eigenvalue weighted by Crippen LogP contribution is 2.61. The number of aliphatic hydroxyl groups excluding tert-OH is 5. The normalized spacial score (nSPS) is 52.0. The number of esters is 1. The molecule has 6 saturated heterocycles. The number of hydrogen-bond acceptors (Lipinski definition) is 20. The van der Waals surface area contributed by atoms with Gasteiger partial charge in [0, 0.05) is 74.5 Å². The molecule has 1 saturated carbocycles. The molecule has 21 heteroatoms. The summed E-state index contributed by atoms with van der Waals surface area (Å²) < 4.78 is 71.8. The van der Waals surface area contributed by atoms with E-state index in [2.05, 4.69) is 50.4 Å². The molecular weight excluding hydrogens is 1140 g/mol. The van der Waals surface area contributed by atoms with Gasteiger partial charge in [0.25, 0.3) is 0 Å². The van der Waals surface area contributed by atoms with Gasteiger partial charge in [-0.25, -0.2) is 4.79 Å². The first kappa shape index (κ1) is 67.4. The number of rotatable bonds is 12. The molecule has 7 N–H and O–H groups in total. The van der Waals surface area contributed by atoms with Crippen LogP contribution in [0.1, 0.15) is 155 Å². The second-order valence-electron chi connectivity index (χ2n) is 28.3. The molecule has 0 aromatic heterocycles. The van der Waals surface area contributed by atoms with Gasteiger partial charge in [0.2, 0.25) is 11.7 Å². The van der Waals surface area contributed by atoms with Crippen LogP contribution in [0.2, 0.25) is 0 Å². The molecule has 10 aliphatic rings. The standard InChI is InChI=1S/C67H101NO20/c1-15-41-16-17-42-24-34(6)57(87-53-29-65(13,77)61(39(11)82-53)68-40(12)69)32(4)22-30(2)44-19-18-43-55(66(44,14)62(74)54-63(75)67(42,28-41)88-64(54)76)31(3)23-33(5)58(43)84-51-26-47(72)59(37(9)80-51)85-52-27-48(83-49-21-20-45(70)35(7)78-49)60(38(10)81-52)86-50-25-46(71)56(73)36(8)79-50/h16-19,22,24,31-33,35-39,41-53,55-61,70-74,77H,15,20-21,23,25-29H2,1-14H3,(H,68,69)/b30-22-,34-24-,62-54-. The lowest BCUT2D eigenvalue weighted by Crippen LogP contribution is -2.62. The van der Waals surface area contributed by atoms with Gasteiger partial charge in [0.1, 0.15) is 29.6 Å². The maximum Gasteiger partial charge on any atom is 0.346 e. The summed E-state index contributed by atoms with van der Waals surface area (Å²) in [6.07, 6.45) is 0.521. The van der Waals surface area contributed by atoms with Gasteiger partial charge in [0.15, 0.2) is 37.1 Å². The fourth-order valence-corrected chi connectivity index (χ4v) is 17.0. The van der Waals surface area contributed by atoms with E-state index in [1.54, 1.807) is 27.7 Å². The minimum absolute atomic E-state index is 0.0322. The lowest BCUT2D eigenvalue weighted by atomic mass is 9.49. The van der Waals surface area contributed by atoms with Crippen LogP contribution in [0.15, 0.2) is 58.9 Å². The first-order valence-electron chi connectivity index (χ1n) is 32.7. The van der Waals surface area contributed by atoms with Crippen molar-refractivity contribution < 1.29 is 97.1 Å². The summed E-state index contributed by atoms with van der Waals surface area (Å²) >= 11 is 0. The maximum atomic E-state index is 15.6. The van der Waals surface area contributed by atoms with Crippen LogP contribution < -0.4 is 5.32 Å². The van der Waals surface area contributed by atoms with Gasteiger partial charge in [-0.3, -0.25) is 9.59 Å². The van der Waals surface area contributed by atoms with Crippen LogP contribution in [-0.4, -0.2) is 182 Å². The van der Waals surface area contributed by atoms with Crippen molar-refractivity contribution in [2.24, 2.45) is 52.8 Å². The van der Waals surface area contributed by atoms with Gasteiger partial charge < -0.3 is 88.1 Å². The smallest absolute Gasteiger partial charge is 0.346 e. The van der Waals surface area contributed by atoms with Gasteiger partial charge in [0.05, 0.1) is 78.8 Å². The summed E-state index contributed by atoms with van der Waals surface area (Å²) in [6.45, 7) is 26.2. The number of carbonyl (C=O) groups is 3. The number of hydrogen-bond donors (Lipinski definition) is 7. The molecule has 6 aliphatic heterocycles. The third-order valence-corrected chi connectivity index (χ3v) is 21.6. The van der Waals surface area contributed by atoms with E-state index in [-0.39, 0.29) is 78.9 Å². The number of Topliss-reactive ketones (excluding diaryl/α,β-unsaturated/α-hetero) is 1. The van der Waals surface area contributed by atoms with Gasteiger partial charge in [-0.1, -0.05) is 76.6 Å². The predicted octanol–water partition coefficient (Wildman–Crippen LogP) is 6.60. The number of ether oxygens (including phenoxy) is 11. The summed E-state index contributed by atoms with van der Waals surface area (Å²) in [6, 6.07) is -0.684. The minimum atomic E-state index is -1.65. The van der Waals surface area contributed by atoms with Gasteiger partial charge in [-0.05, 0) is 104 Å². The van der Waals surface area contributed by atoms with E-state index in [9.17, 15) is 40.2 Å². The first-order chi connectivity index (χ1) is 41.4. The number of allylic oxidation sites excluding steroid dienone is 4. The fourth-order valence-electron chi connectivity index (χ4n) is 17.0. The zero-order valence-corrected chi connectivity index (χ0v) is 53.9. The quantitative estimate of drug-likeness (QED) is 0.0615. The zero-order valence-electron chi connectivity index (χ0n) is 53.9. The number of fused-ring (bicyclic) bond motifs is 4. The molecule has 31 unspecified atom stereocenters. The zero-order chi connectivity index (χ0) is 63.8. The first-order valence-corrected chi connectivity index (χ1v) is 32.7. The number of amides is 1. The van der Waals surface area contributed by atoms with E-state index in [1.807, 2.05) is 53.7 Å². The van der Waals surface area contributed by atoms with E-state index in [4.69, 9.17) is 52.1 Å². The largest absolute Gasteiger partial charge is 0.511 e. The van der Waals surface area contributed by atoms with Crippen LogP contribution in [0.3, 0.4) is 0 Å². The highest BCUT2D eigenvalue weighted by Gasteiger charge is 2.64. The Morgan fingerprint density at radius 1 is 0.648 bits per heavy atom. The van der Waals surface area contributed by atoms with Crippen LogP contribution in [0, 0.1) is 52.8 Å². The van der Waals surface area contributed by atoms with Crippen molar-refractivity contribution >= 4 is 17.7 Å². The average molecular weight is 1240 g/mol. The maximum absolute atomic E-state index is 15.6. The molecule has 0 aromatic carbocycles. The summed E-state index contributed by atoms with van der Waals surface area (Å²) in [7, 11) is 0. The van der Waals surface area contributed by atoms with E-state index in [0.29, 0.717) is 25.7 Å². The molecule has 2 bridgehead atoms. The van der Waals surface area contributed by atoms with E-state index < -0.39 is 169 Å². The van der Waals surface area contributed by atoms with Crippen LogP contribution in [-0.2, 0) is 66.5 Å². The van der Waals surface area contributed by atoms with E-state index in [0.717, 1.165) is 11.1 Å². The van der Waals surface area contributed by atoms with Crippen molar-refractivity contribution in [3.8, 4) is 0 Å². The second kappa shape index (κ2) is 26.5. The molecule has 1 amide bonds. The van der Waals surface area contributed by atoms with Crippen LogP contribution in [0.4, 0.5) is 0 Å². The Bertz CT molecular complexity index is 2670. The van der Waals surface area contributed by atoms with Gasteiger partial charge >= 0.3 is 5.97 Å². The molecule has 31 atom stereocenters. The van der Waals surface area contributed by atoms with Gasteiger partial charge in [-0.2, -0.15) is 0 Å². The van der Waals surface area contributed by atoms with Crippen molar-refractivity contribution in [2.75, 3.05) is 0 Å². The van der Waals surface area contributed by atoms with Crippen molar-refractivity contribution in [1.82, 2.24) is 5.32 Å². The van der Waals surface area contributed by atoms with Crippen LogP contribution in [0.25, 0.3) is 0 Å². The second-order valence-corrected chi connectivity index (χ2v) is 28.3.